The first-order valence-corrected chi connectivity index (χ1v) is 7.35. The molecule has 4 heteroatoms. The monoisotopic (exact) mass is 268 g/mol. The second kappa shape index (κ2) is 8.33. The summed E-state index contributed by atoms with van der Waals surface area (Å²) in [7, 11) is 1.70. The molecule has 0 bridgehead atoms. The van der Waals surface area contributed by atoms with Gasteiger partial charge >= 0.3 is 0 Å². The first-order valence-electron chi connectivity index (χ1n) is 7.35. The maximum absolute atomic E-state index is 10.0. The zero-order valence-corrected chi connectivity index (χ0v) is 12.7. The van der Waals surface area contributed by atoms with Crippen molar-refractivity contribution < 1.29 is 9.84 Å². The van der Waals surface area contributed by atoms with Gasteiger partial charge in [-0.2, -0.15) is 5.10 Å². The van der Waals surface area contributed by atoms with Crippen molar-refractivity contribution in [2.75, 3.05) is 7.11 Å². The first kappa shape index (κ1) is 16.2. The number of aromatic nitrogens is 2. The molecule has 0 fully saturated rings. The van der Waals surface area contributed by atoms with E-state index in [9.17, 15) is 5.11 Å². The Hall–Kier alpha value is -0.870. The molecule has 0 spiro atoms. The summed E-state index contributed by atoms with van der Waals surface area (Å²) in [4.78, 5) is 0. The minimum atomic E-state index is -0.331. The lowest BCUT2D eigenvalue weighted by molar-refractivity contribution is 0.0848. The molecule has 0 aliphatic rings. The van der Waals surface area contributed by atoms with Crippen molar-refractivity contribution in [2.45, 2.75) is 71.1 Å². The molecule has 110 valence electrons. The highest BCUT2D eigenvalue weighted by atomic mass is 16.5. The number of hydrogen-bond acceptors (Lipinski definition) is 3. The Bertz CT molecular complexity index is 348. The van der Waals surface area contributed by atoms with Gasteiger partial charge in [-0.15, -0.1) is 0 Å². The molecule has 0 radical (unpaired) electrons. The summed E-state index contributed by atoms with van der Waals surface area (Å²) >= 11 is 0. The van der Waals surface area contributed by atoms with Crippen molar-refractivity contribution in [1.82, 2.24) is 9.78 Å². The predicted octanol–water partition coefficient (Wildman–Crippen LogP) is 2.96. The van der Waals surface area contributed by atoms with Gasteiger partial charge < -0.3 is 9.84 Å². The van der Waals surface area contributed by atoms with Gasteiger partial charge in [-0.3, -0.25) is 4.68 Å². The van der Waals surface area contributed by atoms with E-state index < -0.39 is 0 Å². The van der Waals surface area contributed by atoms with Crippen molar-refractivity contribution in [3.63, 3.8) is 0 Å². The van der Waals surface area contributed by atoms with Crippen molar-refractivity contribution >= 4 is 0 Å². The molecular weight excluding hydrogens is 240 g/mol. The number of ether oxygens (including phenoxy) is 1. The van der Waals surface area contributed by atoms with Crippen LogP contribution in [-0.4, -0.2) is 34.2 Å². The van der Waals surface area contributed by atoms with Crippen molar-refractivity contribution in [2.24, 2.45) is 0 Å². The van der Waals surface area contributed by atoms with E-state index in [0.717, 1.165) is 31.4 Å². The summed E-state index contributed by atoms with van der Waals surface area (Å²) in [6.07, 6.45) is 6.34. The third-order valence-corrected chi connectivity index (χ3v) is 3.73. The van der Waals surface area contributed by atoms with E-state index >= 15 is 0 Å². The molecule has 1 N–H and O–H groups in total. The highest BCUT2D eigenvalue weighted by molar-refractivity contribution is 5.01. The standard InChI is InChI=1S/C15H28N2O2/c1-5-14(6-2)17-10-9-13(16-17)11-15(18)8-7-12(3)19-4/h9-10,12,14-15,18H,5-8,11H2,1-4H3. The van der Waals surface area contributed by atoms with Crippen LogP contribution in [0.25, 0.3) is 0 Å². The Kier molecular flexibility index (Phi) is 7.10. The molecule has 4 nitrogen and oxygen atoms in total. The van der Waals surface area contributed by atoms with Crippen LogP contribution in [0.4, 0.5) is 0 Å². The summed E-state index contributed by atoms with van der Waals surface area (Å²) in [6.45, 7) is 6.38. The Morgan fingerprint density at radius 1 is 1.32 bits per heavy atom. The largest absolute Gasteiger partial charge is 0.393 e. The van der Waals surface area contributed by atoms with Crippen LogP contribution in [0.2, 0.25) is 0 Å². The summed E-state index contributed by atoms with van der Waals surface area (Å²) in [5.74, 6) is 0. The van der Waals surface area contributed by atoms with Gasteiger partial charge in [-0.25, -0.2) is 0 Å². The van der Waals surface area contributed by atoms with Gasteiger partial charge in [0.2, 0.25) is 0 Å². The Labute approximate surface area is 116 Å². The minimum absolute atomic E-state index is 0.205. The molecule has 0 amide bonds. The fourth-order valence-electron chi connectivity index (χ4n) is 2.24. The Morgan fingerprint density at radius 2 is 2.00 bits per heavy atom. The molecule has 1 rings (SSSR count). The van der Waals surface area contributed by atoms with E-state index in [1.165, 1.54) is 0 Å². The minimum Gasteiger partial charge on any atom is -0.393 e. The fourth-order valence-corrected chi connectivity index (χ4v) is 2.24. The third-order valence-electron chi connectivity index (χ3n) is 3.73. The van der Waals surface area contributed by atoms with Crippen LogP contribution >= 0.6 is 0 Å². The molecule has 2 unspecified atom stereocenters. The molecule has 1 aromatic heterocycles. The molecule has 2 atom stereocenters. The average Bonchev–Trinajstić information content (AvgIpc) is 2.85. The molecule has 1 heterocycles. The van der Waals surface area contributed by atoms with E-state index in [-0.39, 0.29) is 12.2 Å². The summed E-state index contributed by atoms with van der Waals surface area (Å²) < 4.78 is 7.21. The van der Waals surface area contributed by atoms with E-state index in [1.807, 2.05) is 23.9 Å². The number of aliphatic hydroxyl groups excluding tert-OH is 1. The van der Waals surface area contributed by atoms with Crippen molar-refractivity contribution in [3.8, 4) is 0 Å². The van der Waals surface area contributed by atoms with E-state index in [2.05, 4.69) is 18.9 Å². The van der Waals surface area contributed by atoms with Crippen LogP contribution in [0.5, 0.6) is 0 Å². The number of methoxy groups -OCH3 is 1. The average molecular weight is 268 g/mol. The summed E-state index contributed by atoms with van der Waals surface area (Å²) in [5.41, 5.74) is 0.976. The van der Waals surface area contributed by atoms with E-state index in [1.54, 1.807) is 7.11 Å². The number of rotatable bonds is 9. The van der Waals surface area contributed by atoms with Gasteiger partial charge in [0.1, 0.15) is 0 Å². The zero-order chi connectivity index (χ0) is 14.3. The van der Waals surface area contributed by atoms with Crippen LogP contribution in [0.1, 0.15) is 58.2 Å². The maximum atomic E-state index is 10.0. The van der Waals surface area contributed by atoms with Gasteiger partial charge in [0.05, 0.1) is 23.9 Å². The molecule has 0 aliphatic heterocycles. The number of aliphatic hydroxyl groups is 1. The fraction of sp³-hybridized carbons (Fsp3) is 0.800. The van der Waals surface area contributed by atoms with Gasteiger partial charge in [0.15, 0.2) is 0 Å². The van der Waals surface area contributed by atoms with Gasteiger partial charge in [-0.1, -0.05) is 13.8 Å². The van der Waals surface area contributed by atoms with Crippen LogP contribution < -0.4 is 0 Å². The lowest BCUT2D eigenvalue weighted by Crippen LogP contribution is -2.15. The van der Waals surface area contributed by atoms with Crippen molar-refractivity contribution in [1.29, 1.82) is 0 Å². The third kappa shape index (κ3) is 5.33. The predicted molar refractivity (Wildman–Crippen MR) is 77.3 cm³/mol. The molecule has 19 heavy (non-hydrogen) atoms. The zero-order valence-electron chi connectivity index (χ0n) is 12.7. The number of hydrogen-bond donors (Lipinski definition) is 1. The molecular formula is C15H28N2O2. The van der Waals surface area contributed by atoms with Gasteiger partial charge in [-0.05, 0) is 38.7 Å². The van der Waals surface area contributed by atoms with Crippen LogP contribution in [0, 0.1) is 0 Å². The normalized spacial score (nSPS) is 14.8. The van der Waals surface area contributed by atoms with Crippen LogP contribution in [0.15, 0.2) is 12.3 Å². The molecule has 1 aromatic rings. The summed E-state index contributed by atoms with van der Waals surface area (Å²) in [6, 6.07) is 2.49. The smallest absolute Gasteiger partial charge is 0.0650 e. The van der Waals surface area contributed by atoms with Gasteiger partial charge in [0.25, 0.3) is 0 Å². The van der Waals surface area contributed by atoms with Crippen LogP contribution in [-0.2, 0) is 11.2 Å². The highest BCUT2D eigenvalue weighted by Crippen LogP contribution is 2.15. The molecule has 0 aromatic carbocycles. The maximum Gasteiger partial charge on any atom is 0.0650 e. The Balaban J connectivity index is 2.44. The quantitative estimate of drug-likeness (QED) is 0.749. The topological polar surface area (TPSA) is 47.3 Å². The SMILES string of the molecule is CCC(CC)n1ccc(CC(O)CCC(C)OC)n1. The second-order valence-electron chi connectivity index (χ2n) is 5.24. The van der Waals surface area contributed by atoms with Crippen molar-refractivity contribution in [3.05, 3.63) is 18.0 Å². The first-order chi connectivity index (χ1) is 9.10. The second-order valence-corrected chi connectivity index (χ2v) is 5.24. The summed E-state index contributed by atoms with van der Waals surface area (Å²) in [5, 5.41) is 14.6. The van der Waals surface area contributed by atoms with E-state index in [0.29, 0.717) is 12.5 Å². The van der Waals surface area contributed by atoms with Gasteiger partial charge in [0, 0.05) is 19.7 Å². The molecule has 0 saturated heterocycles. The lowest BCUT2D eigenvalue weighted by atomic mass is 10.1. The number of nitrogens with zero attached hydrogens (tertiary/aromatic N) is 2. The highest BCUT2D eigenvalue weighted by Gasteiger charge is 2.12. The lowest BCUT2D eigenvalue weighted by Gasteiger charge is -2.14. The van der Waals surface area contributed by atoms with E-state index in [4.69, 9.17) is 4.74 Å². The molecule has 0 saturated carbocycles. The van der Waals surface area contributed by atoms with Crippen LogP contribution in [0.3, 0.4) is 0 Å². The molecule has 0 aliphatic carbocycles. The Morgan fingerprint density at radius 3 is 2.58 bits per heavy atom.